The lowest BCUT2D eigenvalue weighted by Gasteiger charge is -2.36. The Balaban J connectivity index is 1.93. The topological polar surface area (TPSA) is 24.5 Å². The van der Waals surface area contributed by atoms with E-state index in [-0.39, 0.29) is 0 Å². The molecular weight excluding hydrogens is 236 g/mol. The van der Waals surface area contributed by atoms with Crippen molar-refractivity contribution in [2.75, 3.05) is 26.7 Å². The fraction of sp³-hybridized carbons (Fsp3) is 0.625. The zero-order valence-electron chi connectivity index (χ0n) is 12.2. The van der Waals surface area contributed by atoms with Gasteiger partial charge in [0.15, 0.2) is 0 Å². The number of likely N-dealkylation sites (tertiary alicyclic amines) is 1. The number of likely N-dealkylation sites (N-methyl/N-ethyl adjacent to an activating group) is 1. The number of benzene rings is 1. The largest absolute Gasteiger partial charge is 0.497 e. The van der Waals surface area contributed by atoms with Crippen LogP contribution in [0.3, 0.4) is 0 Å². The molecule has 3 nitrogen and oxygen atoms in total. The van der Waals surface area contributed by atoms with Gasteiger partial charge < -0.3 is 10.1 Å². The minimum absolute atomic E-state index is 0.691. The monoisotopic (exact) mass is 262 g/mol. The molecule has 106 valence electrons. The Bertz CT molecular complexity index is 364. The van der Waals surface area contributed by atoms with Gasteiger partial charge in [0, 0.05) is 19.1 Å². The molecule has 1 aromatic carbocycles. The molecule has 1 unspecified atom stereocenters. The second-order valence-corrected chi connectivity index (χ2v) is 5.28. The van der Waals surface area contributed by atoms with Crippen LogP contribution in [0.25, 0.3) is 0 Å². The molecule has 0 aliphatic carbocycles. The lowest BCUT2D eigenvalue weighted by atomic mass is 10.0. The number of piperidine rings is 1. The number of nitrogens with zero attached hydrogens (tertiary/aromatic N) is 1. The van der Waals surface area contributed by atoms with Crippen LogP contribution in [0.2, 0.25) is 0 Å². The predicted octanol–water partition coefficient (Wildman–Crippen LogP) is 2.66. The average Bonchev–Trinajstić information content (AvgIpc) is 2.47. The van der Waals surface area contributed by atoms with E-state index in [0.29, 0.717) is 6.04 Å². The van der Waals surface area contributed by atoms with Gasteiger partial charge in [0.2, 0.25) is 0 Å². The van der Waals surface area contributed by atoms with Crippen molar-refractivity contribution in [1.29, 1.82) is 0 Å². The molecule has 1 aromatic rings. The fourth-order valence-corrected chi connectivity index (χ4v) is 2.78. The van der Waals surface area contributed by atoms with E-state index in [2.05, 4.69) is 41.4 Å². The van der Waals surface area contributed by atoms with Crippen LogP contribution < -0.4 is 10.1 Å². The molecule has 0 amide bonds. The Hall–Kier alpha value is -1.06. The molecule has 1 heterocycles. The molecule has 0 aromatic heterocycles. The molecule has 0 spiro atoms. The third-order valence-corrected chi connectivity index (χ3v) is 3.92. The van der Waals surface area contributed by atoms with Crippen molar-refractivity contribution in [3.63, 3.8) is 0 Å². The fourth-order valence-electron chi connectivity index (χ4n) is 2.78. The van der Waals surface area contributed by atoms with Crippen molar-refractivity contribution in [3.05, 3.63) is 29.8 Å². The summed E-state index contributed by atoms with van der Waals surface area (Å²) >= 11 is 0. The molecule has 2 rings (SSSR count). The van der Waals surface area contributed by atoms with Gasteiger partial charge in [-0.2, -0.15) is 0 Å². The van der Waals surface area contributed by atoms with Crippen molar-refractivity contribution >= 4 is 0 Å². The standard InChI is InChI=1S/C16H26N2O/c1-3-17-12-15-6-4-5-11-18(15)13-14-7-9-16(19-2)10-8-14/h7-10,15,17H,3-6,11-13H2,1-2H3. The minimum atomic E-state index is 0.691. The summed E-state index contributed by atoms with van der Waals surface area (Å²) in [5.74, 6) is 0.937. The van der Waals surface area contributed by atoms with Crippen molar-refractivity contribution in [2.24, 2.45) is 0 Å². The molecule has 1 aliphatic heterocycles. The summed E-state index contributed by atoms with van der Waals surface area (Å²) in [5, 5.41) is 3.49. The molecular formula is C16H26N2O. The van der Waals surface area contributed by atoms with E-state index in [4.69, 9.17) is 4.74 Å². The van der Waals surface area contributed by atoms with Crippen molar-refractivity contribution in [1.82, 2.24) is 10.2 Å². The summed E-state index contributed by atoms with van der Waals surface area (Å²) in [6.07, 6.45) is 4.02. The number of rotatable bonds is 6. The highest BCUT2D eigenvalue weighted by Crippen LogP contribution is 2.20. The number of nitrogens with one attached hydrogen (secondary N) is 1. The van der Waals surface area contributed by atoms with E-state index in [9.17, 15) is 0 Å². The SMILES string of the molecule is CCNCC1CCCCN1Cc1ccc(OC)cc1. The van der Waals surface area contributed by atoms with Gasteiger partial charge in [0.05, 0.1) is 7.11 Å². The first kappa shape index (κ1) is 14.4. The van der Waals surface area contributed by atoms with Crippen LogP contribution in [0.1, 0.15) is 31.7 Å². The van der Waals surface area contributed by atoms with Crippen LogP contribution in [0.15, 0.2) is 24.3 Å². The molecule has 1 atom stereocenters. The molecule has 1 aliphatic rings. The smallest absolute Gasteiger partial charge is 0.118 e. The van der Waals surface area contributed by atoms with Crippen molar-refractivity contribution < 1.29 is 4.74 Å². The van der Waals surface area contributed by atoms with Gasteiger partial charge in [-0.3, -0.25) is 4.90 Å². The summed E-state index contributed by atoms with van der Waals surface area (Å²) in [6, 6.07) is 9.16. The van der Waals surface area contributed by atoms with Crippen LogP contribution in [0, 0.1) is 0 Å². The summed E-state index contributed by atoms with van der Waals surface area (Å²) in [7, 11) is 1.71. The Morgan fingerprint density at radius 3 is 2.74 bits per heavy atom. The number of hydrogen-bond acceptors (Lipinski definition) is 3. The lowest BCUT2D eigenvalue weighted by Crippen LogP contribution is -2.44. The summed E-state index contributed by atoms with van der Waals surface area (Å²) in [5.41, 5.74) is 1.38. The van der Waals surface area contributed by atoms with Gasteiger partial charge in [0.25, 0.3) is 0 Å². The zero-order valence-corrected chi connectivity index (χ0v) is 12.2. The van der Waals surface area contributed by atoms with Crippen LogP contribution in [0.4, 0.5) is 0 Å². The van der Waals surface area contributed by atoms with E-state index in [1.54, 1.807) is 7.11 Å². The third kappa shape index (κ3) is 4.22. The highest BCUT2D eigenvalue weighted by Gasteiger charge is 2.21. The van der Waals surface area contributed by atoms with Gasteiger partial charge in [-0.25, -0.2) is 0 Å². The maximum absolute atomic E-state index is 5.21. The quantitative estimate of drug-likeness (QED) is 0.853. The first-order valence-electron chi connectivity index (χ1n) is 7.41. The summed E-state index contributed by atoms with van der Waals surface area (Å²) in [4.78, 5) is 2.62. The Labute approximate surface area is 116 Å². The normalized spacial score (nSPS) is 20.4. The number of methoxy groups -OCH3 is 1. The van der Waals surface area contributed by atoms with Crippen molar-refractivity contribution in [3.8, 4) is 5.75 Å². The van der Waals surface area contributed by atoms with Crippen LogP contribution in [0.5, 0.6) is 5.75 Å². The second-order valence-electron chi connectivity index (χ2n) is 5.28. The first-order chi connectivity index (χ1) is 9.33. The van der Waals surface area contributed by atoms with Crippen LogP contribution in [-0.4, -0.2) is 37.7 Å². The highest BCUT2D eigenvalue weighted by molar-refractivity contribution is 5.27. The molecule has 0 bridgehead atoms. The highest BCUT2D eigenvalue weighted by atomic mass is 16.5. The van der Waals surface area contributed by atoms with E-state index in [0.717, 1.165) is 25.4 Å². The zero-order chi connectivity index (χ0) is 13.5. The van der Waals surface area contributed by atoms with Gasteiger partial charge in [-0.05, 0) is 43.6 Å². The van der Waals surface area contributed by atoms with E-state index < -0.39 is 0 Å². The Kier molecular flexibility index (Phi) is 5.67. The first-order valence-corrected chi connectivity index (χ1v) is 7.41. The van der Waals surface area contributed by atoms with Gasteiger partial charge >= 0.3 is 0 Å². The average molecular weight is 262 g/mol. The molecule has 1 N–H and O–H groups in total. The minimum Gasteiger partial charge on any atom is -0.497 e. The maximum atomic E-state index is 5.21. The molecule has 3 heteroatoms. The number of hydrogen-bond donors (Lipinski definition) is 1. The summed E-state index contributed by atoms with van der Waals surface area (Å²) < 4.78 is 5.21. The van der Waals surface area contributed by atoms with Crippen molar-refractivity contribution in [2.45, 2.75) is 38.8 Å². The van der Waals surface area contributed by atoms with E-state index >= 15 is 0 Å². The third-order valence-electron chi connectivity index (χ3n) is 3.92. The van der Waals surface area contributed by atoms with Gasteiger partial charge in [-0.15, -0.1) is 0 Å². The summed E-state index contributed by atoms with van der Waals surface area (Å²) in [6.45, 7) is 6.64. The molecule has 0 saturated carbocycles. The maximum Gasteiger partial charge on any atom is 0.118 e. The van der Waals surface area contributed by atoms with Crippen LogP contribution in [-0.2, 0) is 6.54 Å². The predicted molar refractivity (Wildman–Crippen MR) is 79.6 cm³/mol. The number of ether oxygens (including phenoxy) is 1. The lowest BCUT2D eigenvalue weighted by molar-refractivity contribution is 0.138. The molecule has 0 radical (unpaired) electrons. The van der Waals surface area contributed by atoms with Gasteiger partial charge in [-0.1, -0.05) is 25.5 Å². The Morgan fingerprint density at radius 2 is 2.05 bits per heavy atom. The van der Waals surface area contributed by atoms with Gasteiger partial charge in [0.1, 0.15) is 5.75 Å². The molecule has 1 fully saturated rings. The van der Waals surface area contributed by atoms with E-state index in [1.165, 1.54) is 31.4 Å². The van der Waals surface area contributed by atoms with E-state index in [1.807, 2.05) is 0 Å². The second kappa shape index (κ2) is 7.51. The van der Waals surface area contributed by atoms with Crippen LogP contribution >= 0.6 is 0 Å². The Morgan fingerprint density at radius 1 is 1.26 bits per heavy atom. The molecule has 1 saturated heterocycles. The molecule has 19 heavy (non-hydrogen) atoms.